The Morgan fingerprint density at radius 1 is 0.750 bits per heavy atom. The lowest BCUT2D eigenvalue weighted by atomic mass is 10.1. The zero-order chi connectivity index (χ0) is 17.3. The van der Waals surface area contributed by atoms with Crippen molar-refractivity contribution in [3.8, 4) is 0 Å². The van der Waals surface area contributed by atoms with Gasteiger partial charge in [-0.2, -0.15) is 0 Å². The molecule has 0 heterocycles. The van der Waals surface area contributed by atoms with Crippen molar-refractivity contribution >= 4 is 18.4 Å². The third kappa shape index (κ3) is 2.43. The van der Waals surface area contributed by atoms with Gasteiger partial charge in [-0.05, 0) is 48.7 Å². The van der Waals surface area contributed by atoms with E-state index in [9.17, 15) is 0 Å². The minimum Gasteiger partial charge on any atom is -0.0669 e. The molecule has 1 unspecified atom stereocenters. The summed E-state index contributed by atoms with van der Waals surface area (Å²) >= 11 is 0. The maximum absolute atomic E-state index is 2.41. The van der Waals surface area contributed by atoms with Gasteiger partial charge in [-0.25, -0.2) is 0 Å². The van der Waals surface area contributed by atoms with Crippen molar-refractivity contribution in [3.05, 3.63) is 82.6 Å². The fraction of sp³-hybridized carbons (Fsp3) is 0.304. The number of rotatable bonds is 4. The molecule has 0 radical (unpaired) electrons. The highest BCUT2D eigenvalue weighted by Crippen LogP contribution is 2.42. The van der Waals surface area contributed by atoms with Gasteiger partial charge in [-0.15, -0.1) is 0 Å². The van der Waals surface area contributed by atoms with Crippen LogP contribution in [0.25, 0.3) is 0 Å². The molecule has 0 saturated carbocycles. The van der Waals surface area contributed by atoms with Crippen LogP contribution in [0.2, 0.25) is 6.04 Å². The minimum atomic E-state index is -1.96. The Kier molecular flexibility index (Phi) is 4.64. The Labute approximate surface area is 147 Å². The van der Waals surface area contributed by atoms with Gasteiger partial charge < -0.3 is 0 Å². The van der Waals surface area contributed by atoms with Crippen LogP contribution in [0.1, 0.15) is 34.6 Å². The van der Waals surface area contributed by atoms with E-state index in [0.29, 0.717) is 5.92 Å². The maximum atomic E-state index is 2.41. The zero-order valence-corrected chi connectivity index (χ0v) is 16.6. The molecule has 0 aliphatic heterocycles. The van der Waals surface area contributed by atoms with Crippen molar-refractivity contribution < 1.29 is 0 Å². The summed E-state index contributed by atoms with van der Waals surface area (Å²) in [4.78, 5) is 0. The molecule has 0 nitrogen and oxygen atoms in total. The smallest absolute Gasteiger partial charge is 0.0669 e. The van der Waals surface area contributed by atoms with Gasteiger partial charge in [0.25, 0.3) is 0 Å². The molecular weight excluding hydrogens is 304 g/mol. The highest BCUT2D eigenvalue weighted by atomic mass is 28.3. The predicted octanol–water partition coefficient (Wildman–Crippen LogP) is 5.11. The molecule has 0 amide bonds. The Morgan fingerprint density at radius 3 is 1.54 bits per heavy atom. The number of allylic oxidation sites excluding steroid dienone is 4. The molecule has 0 bridgehead atoms. The first kappa shape index (κ1) is 17.0. The van der Waals surface area contributed by atoms with Crippen molar-refractivity contribution in [2.45, 2.75) is 40.7 Å². The summed E-state index contributed by atoms with van der Waals surface area (Å²) in [5.74, 6) is 0.553. The quantitative estimate of drug-likeness (QED) is 0.682. The van der Waals surface area contributed by atoms with Crippen molar-refractivity contribution in [2.75, 3.05) is 0 Å². The average molecular weight is 333 g/mol. The van der Waals surface area contributed by atoms with E-state index in [1.54, 1.807) is 26.7 Å². The molecule has 1 aliphatic carbocycles. The zero-order valence-electron chi connectivity index (χ0n) is 15.6. The van der Waals surface area contributed by atoms with Gasteiger partial charge in [-0.1, -0.05) is 90.9 Å². The summed E-state index contributed by atoms with van der Waals surface area (Å²) in [5, 5.41) is 4.81. The van der Waals surface area contributed by atoms with Crippen molar-refractivity contribution in [1.82, 2.24) is 0 Å². The number of benzene rings is 2. The number of hydrogen-bond donors (Lipinski definition) is 0. The first-order valence-electron chi connectivity index (χ1n) is 9.04. The van der Waals surface area contributed by atoms with Crippen LogP contribution in [-0.4, -0.2) is 8.07 Å². The molecule has 124 valence electrons. The van der Waals surface area contributed by atoms with E-state index < -0.39 is 8.07 Å². The predicted molar refractivity (Wildman–Crippen MR) is 109 cm³/mol. The monoisotopic (exact) mass is 332 g/mol. The van der Waals surface area contributed by atoms with Gasteiger partial charge in [0.1, 0.15) is 8.07 Å². The molecule has 0 saturated heterocycles. The Morgan fingerprint density at radius 2 is 1.21 bits per heavy atom. The Balaban J connectivity index is 2.33. The average Bonchev–Trinajstić information content (AvgIpc) is 2.83. The van der Waals surface area contributed by atoms with E-state index >= 15 is 0 Å². The van der Waals surface area contributed by atoms with Crippen LogP contribution in [0.5, 0.6) is 0 Å². The van der Waals surface area contributed by atoms with Crippen molar-refractivity contribution in [1.29, 1.82) is 0 Å². The van der Waals surface area contributed by atoms with Gasteiger partial charge in [0.15, 0.2) is 0 Å². The van der Waals surface area contributed by atoms with E-state index in [1.165, 1.54) is 11.6 Å². The van der Waals surface area contributed by atoms with Crippen LogP contribution >= 0.6 is 0 Å². The van der Waals surface area contributed by atoms with Gasteiger partial charge in [0.2, 0.25) is 0 Å². The van der Waals surface area contributed by atoms with Crippen LogP contribution in [-0.2, 0) is 0 Å². The van der Waals surface area contributed by atoms with Crippen LogP contribution in [0.4, 0.5) is 0 Å². The fourth-order valence-electron chi connectivity index (χ4n) is 4.58. The van der Waals surface area contributed by atoms with E-state index in [4.69, 9.17) is 0 Å². The van der Waals surface area contributed by atoms with Crippen LogP contribution < -0.4 is 10.4 Å². The molecule has 24 heavy (non-hydrogen) atoms. The molecule has 0 spiro atoms. The highest BCUT2D eigenvalue weighted by molar-refractivity contribution is 7.07. The van der Waals surface area contributed by atoms with Crippen LogP contribution in [0, 0.1) is 5.92 Å². The second-order valence-corrected chi connectivity index (χ2v) is 11.3. The lowest BCUT2D eigenvalue weighted by Gasteiger charge is -2.37. The molecule has 1 heteroatoms. The van der Waals surface area contributed by atoms with Crippen LogP contribution in [0.15, 0.2) is 82.6 Å². The molecule has 1 atom stereocenters. The second kappa shape index (κ2) is 6.56. The lowest BCUT2D eigenvalue weighted by Crippen LogP contribution is -2.60. The normalized spacial score (nSPS) is 18.5. The molecule has 0 aromatic heterocycles. The summed E-state index contributed by atoms with van der Waals surface area (Å²) < 4.78 is 0. The summed E-state index contributed by atoms with van der Waals surface area (Å²) in [7, 11) is -1.96. The molecule has 0 fully saturated rings. The van der Waals surface area contributed by atoms with Gasteiger partial charge >= 0.3 is 0 Å². The summed E-state index contributed by atoms with van der Waals surface area (Å²) in [6, 6.07) is 23.7. The highest BCUT2D eigenvalue weighted by Gasteiger charge is 2.44. The summed E-state index contributed by atoms with van der Waals surface area (Å²) in [6.07, 6.45) is 0. The maximum Gasteiger partial charge on any atom is 0.144 e. The third-order valence-corrected chi connectivity index (χ3v) is 11.6. The number of hydrogen-bond acceptors (Lipinski definition) is 0. The summed E-state index contributed by atoms with van der Waals surface area (Å²) in [5.41, 5.74) is 4.61. The molecule has 2 aromatic carbocycles. The molecule has 2 aromatic rings. The fourth-order valence-corrected chi connectivity index (χ4v) is 10.0. The van der Waals surface area contributed by atoms with E-state index in [2.05, 4.69) is 95.3 Å². The van der Waals surface area contributed by atoms with Gasteiger partial charge in [0, 0.05) is 0 Å². The SMILES string of the molecule is CC[Si](C1=C(C)C(C)=C(C)C1C)(c1ccccc1)c1ccccc1. The Bertz CT molecular complexity index is 742. The van der Waals surface area contributed by atoms with Crippen LogP contribution in [0.3, 0.4) is 0 Å². The van der Waals surface area contributed by atoms with Gasteiger partial charge in [-0.3, -0.25) is 0 Å². The largest absolute Gasteiger partial charge is 0.144 e. The molecular formula is C23H28Si. The minimum absolute atomic E-state index is 0.553. The second-order valence-electron chi connectivity index (χ2n) is 7.06. The van der Waals surface area contributed by atoms with E-state index in [0.717, 1.165) is 0 Å². The first-order valence-corrected chi connectivity index (χ1v) is 11.2. The lowest BCUT2D eigenvalue weighted by molar-refractivity contribution is 0.848. The van der Waals surface area contributed by atoms with Crippen molar-refractivity contribution in [3.63, 3.8) is 0 Å². The van der Waals surface area contributed by atoms with E-state index in [1.807, 2.05) is 0 Å². The van der Waals surface area contributed by atoms with Crippen molar-refractivity contribution in [2.24, 2.45) is 5.92 Å². The summed E-state index contributed by atoms with van der Waals surface area (Å²) in [6.45, 7) is 11.8. The molecule has 0 N–H and O–H groups in total. The molecule has 1 aliphatic rings. The third-order valence-electron chi connectivity index (χ3n) is 6.16. The van der Waals surface area contributed by atoms with Gasteiger partial charge in [0.05, 0.1) is 0 Å². The Hall–Kier alpha value is -1.86. The first-order chi connectivity index (χ1) is 11.5. The standard InChI is InChI=1S/C23H28Si/c1-6-24(21-13-9-7-10-14-21,22-15-11-8-12-16-22)23-19(4)17(2)18(3)20(23)5/h7-16,19H,6H2,1-5H3. The molecule has 3 rings (SSSR count). The van der Waals surface area contributed by atoms with E-state index in [-0.39, 0.29) is 0 Å². The topological polar surface area (TPSA) is 0 Å².